The van der Waals surface area contributed by atoms with E-state index in [1.54, 1.807) is 6.07 Å². The predicted octanol–water partition coefficient (Wildman–Crippen LogP) is 3.64. The lowest BCUT2D eigenvalue weighted by molar-refractivity contribution is 0.684. The zero-order chi connectivity index (χ0) is 17.1. The van der Waals surface area contributed by atoms with Crippen LogP contribution in [0.4, 0.5) is 11.9 Å². The lowest BCUT2D eigenvalue weighted by atomic mass is 10.2. The molecule has 7 heteroatoms. The van der Waals surface area contributed by atoms with Crippen molar-refractivity contribution < 1.29 is 0 Å². The summed E-state index contributed by atoms with van der Waals surface area (Å²) in [6, 6.07) is 5.82. The predicted molar refractivity (Wildman–Crippen MR) is 97.4 cm³/mol. The van der Waals surface area contributed by atoms with Crippen LogP contribution in [0.5, 0.6) is 0 Å². The summed E-state index contributed by atoms with van der Waals surface area (Å²) < 4.78 is 0. The van der Waals surface area contributed by atoms with Crippen molar-refractivity contribution in [1.29, 1.82) is 0 Å². The van der Waals surface area contributed by atoms with Gasteiger partial charge in [0.25, 0.3) is 0 Å². The fourth-order valence-corrected chi connectivity index (χ4v) is 2.81. The van der Waals surface area contributed by atoms with Crippen molar-refractivity contribution in [2.45, 2.75) is 39.7 Å². The minimum atomic E-state index is 0.358. The van der Waals surface area contributed by atoms with E-state index in [0.29, 0.717) is 40.5 Å². The minimum Gasteiger partial charge on any atom is -0.351 e. The number of anilines is 2. The van der Waals surface area contributed by atoms with Crippen molar-refractivity contribution in [3.63, 3.8) is 0 Å². The highest BCUT2D eigenvalue weighted by atomic mass is 35.5. The molecule has 0 spiro atoms. The molecule has 1 fully saturated rings. The Labute approximate surface area is 147 Å². The highest BCUT2D eigenvalue weighted by molar-refractivity contribution is 6.29. The fourth-order valence-electron chi connectivity index (χ4n) is 2.64. The molecule has 1 aliphatic carbocycles. The Bertz CT molecular complexity index is 699. The van der Waals surface area contributed by atoms with E-state index in [1.807, 2.05) is 12.1 Å². The van der Waals surface area contributed by atoms with E-state index in [-0.39, 0.29) is 0 Å². The van der Waals surface area contributed by atoms with Gasteiger partial charge in [-0.2, -0.15) is 15.0 Å². The summed E-state index contributed by atoms with van der Waals surface area (Å²) in [6.45, 7) is 8.02. The Balaban J connectivity index is 1.98. The van der Waals surface area contributed by atoms with Gasteiger partial charge in [0.15, 0.2) is 5.82 Å². The van der Waals surface area contributed by atoms with Gasteiger partial charge in [-0.3, -0.25) is 0 Å². The summed E-state index contributed by atoms with van der Waals surface area (Å²) in [7, 11) is 0. The van der Waals surface area contributed by atoms with Gasteiger partial charge in [-0.25, -0.2) is 4.98 Å². The monoisotopic (exact) mass is 346 g/mol. The van der Waals surface area contributed by atoms with Crippen LogP contribution in [0.2, 0.25) is 5.15 Å². The fraction of sp³-hybridized carbons (Fsp3) is 0.529. The second-order valence-corrected chi connectivity index (χ2v) is 6.46. The average Bonchev–Trinajstić information content (AvgIpc) is 3.41. The maximum Gasteiger partial charge on any atom is 0.230 e. The van der Waals surface area contributed by atoms with Crippen molar-refractivity contribution in [2.75, 3.05) is 23.3 Å². The number of rotatable bonds is 7. The van der Waals surface area contributed by atoms with Crippen LogP contribution in [0.3, 0.4) is 0 Å². The highest BCUT2D eigenvalue weighted by Crippen LogP contribution is 2.33. The van der Waals surface area contributed by atoms with Crippen molar-refractivity contribution in [1.82, 2.24) is 19.9 Å². The molecule has 1 N–H and O–H groups in total. The van der Waals surface area contributed by atoms with Crippen molar-refractivity contribution in [3.8, 4) is 11.5 Å². The number of nitrogens with one attached hydrogen (secondary N) is 1. The molecule has 2 aromatic rings. The van der Waals surface area contributed by atoms with Crippen LogP contribution in [0.1, 0.15) is 33.6 Å². The average molecular weight is 347 g/mol. The molecule has 0 aliphatic heterocycles. The summed E-state index contributed by atoms with van der Waals surface area (Å²) in [5.74, 6) is 2.52. The van der Waals surface area contributed by atoms with E-state index in [1.165, 1.54) is 12.8 Å². The van der Waals surface area contributed by atoms with Crippen LogP contribution in [-0.2, 0) is 0 Å². The van der Waals surface area contributed by atoms with Crippen LogP contribution in [0.25, 0.3) is 11.5 Å². The minimum absolute atomic E-state index is 0.358. The van der Waals surface area contributed by atoms with Crippen molar-refractivity contribution in [2.24, 2.45) is 5.92 Å². The Morgan fingerprint density at radius 1 is 1.17 bits per heavy atom. The van der Waals surface area contributed by atoms with Gasteiger partial charge in [0, 0.05) is 19.1 Å². The molecule has 1 atom stereocenters. The van der Waals surface area contributed by atoms with Gasteiger partial charge < -0.3 is 10.2 Å². The number of hydrogen-bond donors (Lipinski definition) is 1. The zero-order valence-corrected chi connectivity index (χ0v) is 15.1. The molecule has 1 unspecified atom stereocenters. The summed E-state index contributed by atoms with van der Waals surface area (Å²) in [5, 5.41) is 3.85. The molecular formula is C17H23ClN6. The van der Waals surface area contributed by atoms with Gasteiger partial charge in [0.2, 0.25) is 11.9 Å². The molecule has 2 heterocycles. The number of pyridine rings is 1. The first-order valence-corrected chi connectivity index (χ1v) is 8.89. The van der Waals surface area contributed by atoms with Crippen LogP contribution in [-0.4, -0.2) is 39.1 Å². The quantitative estimate of drug-likeness (QED) is 0.772. The molecule has 2 aromatic heterocycles. The number of halogens is 1. The maximum absolute atomic E-state index is 6.02. The van der Waals surface area contributed by atoms with E-state index in [9.17, 15) is 0 Å². The van der Waals surface area contributed by atoms with Gasteiger partial charge in [0.1, 0.15) is 10.8 Å². The largest absolute Gasteiger partial charge is 0.351 e. The summed E-state index contributed by atoms with van der Waals surface area (Å²) >= 11 is 6.02. The number of aromatic nitrogens is 4. The molecule has 6 nitrogen and oxygen atoms in total. The molecule has 1 aliphatic rings. The molecule has 0 bridgehead atoms. The van der Waals surface area contributed by atoms with E-state index in [4.69, 9.17) is 11.6 Å². The topological polar surface area (TPSA) is 66.8 Å². The van der Waals surface area contributed by atoms with E-state index < -0.39 is 0 Å². The molecule has 0 amide bonds. The normalized spacial score (nSPS) is 15.2. The van der Waals surface area contributed by atoms with Crippen LogP contribution < -0.4 is 10.2 Å². The van der Waals surface area contributed by atoms with E-state index in [2.05, 4.69) is 50.9 Å². The molecule has 128 valence electrons. The Morgan fingerprint density at radius 2 is 1.92 bits per heavy atom. The molecule has 0 radical (unpaired) electrons. The standard InChI is InChI=1S/C17H23ClN6/c1-4-24(5-2)17-22-15(13-7-6-8-14(18)20-13)21-16(23-17)19-11(3)12-9-10-12/h6-8,11-12H,4-5,9-10H2,1-3H3,(H,19,21,22,23). The SMILES string of the molecule is CCN(CC)c1nc(NC(C)C2CC2)nc(-c2cccc(Cl)n2)n1. The number of nitrogens with zero attached hydrogens (tertiary/aromatic N) is 5. The Morgan fingerprint density at radius 3 is 2.54 bits per heavy atom. The molecule has 24 heavy (non-hydrogen) atoms. The third-order valence-electron chi connectivity index (χ3n) is 4.30. The Hall–Kier alpha value is -1.95. The number of hydrogen-bond acceptors (Lipinski definition) is 6. The molecular weight excluding hydrogens is 324 g/mol. The second kappa shape index (κ2) is 7.30. The van der Waals surface area contributed by atoms with Crippen molar-refractivity contribution >= 4 is 23.5 Å². The summed E-state index contributed by atoms with van der Waals surface area (Å²) in [6.07, 6.45) is 2.54. The van der Waals surface area contributed by atoms with Crippen LogP contribution in [0.15, 0.2) is 18.2 Å². The molecule has 3 rings (SSSR count). The first kappa shape index (κ1) is 16.9. The van der Waals surface area contributed by atoms with Gasteiger partial charge in [0.05, 0.1) is 0 Å². The summed E-state index contributed by atoms with van der Waals surface area (Å²) in [5.41, 5.74) is 0.653. The molecule has 0 saturated heterocycles. The van der Waals surface area contributed by atoms with E-state index >= 15 is 0 Å². The third kappa shape index (κ3) is 3.93. The second-order valence-electron chi connectivity index (χ2n) is 6.07. The highest BCUT2D eigenvalue weighted by Gasteiger charge is 2.28. The van der Waals surface area contributed by atoms with Gasteiger partial charge in [-0.1, -0.05) is 17.7 Å². The zero-order valence-electron chi connectivity index (χ0n) is 14.3. The first-order chi connectivity index (χ1) is 11.6. The first-order valence-electron chi connectivity index (χ1n) is 8.51. The van der Waals surface area contributed by atoms with Crippen LogP contribution >= 0.6 is 11.6 Å². The lowest BCUT2D eigenvalue weighted by Crippen LogP contribution is -2.26. The lowest BCUT2D eigenvalue weighted by Gasteiger charge is -2.20. The van der Waals surface area contributed by atoms with Gasteiger partial charge in [-0.05, 0) is 51.7 Å². The van der Waals surface area contributed by atoms with Crippen LogP contribution in [0, 0.1) is 5.92 Å². The maximum atomic E-state index is 6.02. The third-order valence-corrected chi connectivity index (χ3v) is 4.51. The summed E-state index contributed by atoms with van der Waals surface area (Å²) in [4.78, 5) is 20.2. The molecule has 0 aromatic carbocycles. The molecule has 1 saturated carbocycles. The van der Waals surface area contributed by atoms with E-state index in [0.717, 1.165) is 13.1 Å². The van der Waals surface area contributed by atoms with Gasteiger partial charge >= 0.3 is 0 Å². The van der Waals surface area contributed by atoms with Crippen molar-refractivity contribution in [3.05, 3.63) is 23.4 Å². The smallest absolute Gasteiger partial charge is 0.230 e. The Kier molecular flexibility index (Phi) is 5.14. The van der Waals surface area contributed by atoms with Gasteiger partial charge in [-0.15, -0.1) is 0 Å².